The summed E-state index contributed by atoms with van der Waals surface area (Å²) < 4.78 is 4.84. The van der Waals surface area contributed by atoms with Crippen molar-refractivity contribution < 1.29 is 19.4 Å². The van der Waals surface area contributed by atoms with Gasteiger partial charge in [-0.05, 0) is 31.0 Å². The molecular weight excluding hydrogens is 315 g/mol. The Morgan fingerprint density at radius 2 is 2.05 bits per heavy atom. The van der Waals surface area contributed by atoms with E-state index in [-0.39, 0.29) is 17.2 Å². The Kier molecular flexibility index (Phi) is 4.30. The second kappa shape index (κ2) is 5.70. The predicted molar refractivity (Wildman–Crippen MR) is 80.8 cm³/mol. The number of Topliss-reactive ketones (excluding diaryl/α,β-unsaturated/α-hetero) is 1. The summed E-state index contributed by atoms with van der Waals surface area (Å²) in [7, 11) is 0. The Labute approximate surface area is 132 Å². The molecule has 0 aromatic heterocycles. The molecule has 1 aliphatic carbocycles. The second-order valence-corrected chi connectivity index (χ2v) is 5.59. The summed E-state index contributed by atoms with van der Waals surface area (Å²) in [5, 5.41) is 10.9. The smallest absolute Gasteiger partial charge is 0.345 e. The Bertz CT molecular complexity index is 677. The van der Waals surface area contributed by atoms with Crippen molar-refractivity contribution in [1.29, 1.82) is 0 Å². The zero-order valence-electron chi connectivity index (χ0n) is 11.8. The third-order valence-electron chi connectivity index (χ3n) is 3.48. The number of carbonyl (C=O) groups excluding carboxylic acids is 2. The Balaban J connectivity index is 2.78. The van der Waals surface area contributed by atoms with Crippen molar-refractivity contribution in [2.75, 3.05) is 6.61 Å². The second-order valence-electron chi connectivity index (χ2n) is 4.81. The number of ether oxygens (including phenoxy) is 1. The number of aliphatic hydroxyl groups excluding tert-OH is 1. The molecule has 0 aliphatic heterocycles. The minimum atomic E-state index is -0.831. The highest BCUT2D eigenvalue weighted by molar-refractivity contribution is 6.43. The highest BCUT2D eigenvalue weighted by Crippen LogP contribution is 2.43. The van der Waals surface area contributed by atoms with Crippen molar-refractivity contribution in [3.63, 3.8) is 0 Å². The van der Waals surface area contributed by atoms with Crippen LogP contribution in [-0.2, 0) is 14.3 Å². The molecule has 1 atom stereocenters. The number of aryl methyl sites for hydroxylation is 1. The third kappa shape index (κ3) is 2.43. The maximum atomic E-state index is 12.4. The number of esters is 1. The van der Waals surface area contributed by atoms with Crippen LogP contribution in [0.15, 0.2) is 11.6 Å². The fourth-order valence-corrected chi connectivity index (χ4v) is 3.07. The minimum Gasteiger partial charge on any atom is -0.506 e. The van der Waals surface area contributed by atoms with E-state index in [9.17, 15) is 14.7 Å². The lowest BCUT2D eigenvalue weighted by Crippen LogP contribution is -2.27. The van der Waals surface area contributed by atoms with Crippen LogP contribution in [0.25, 0.3) is 5.76 Å². The number of benzene rings is 1. The zero-order chi connectivity index (χ0) is 15.9. The average molecular weight is 329 g/mol. The Morgan fingerprint density at radius 3 is 2.62 bits per heavy atom. The van der Waals surface area contributed by atoms with E-state index >= 15 is 0 Å². The molecule has 21 heavy (non-hydrogen) atoms. The maximum Gasteiger partial charge on any atom is 0.345 e. The van der Waals surface area contributed by atoms with Crippen LogP contribution in [0, 0.1) is 6.92 Å². The summed E-state index contributed by atoms with van der Waals surface area (Å²) >= 11 is 12.2. The molecule has 0 amide bonds. The molecule has 4 nitrogen and oxygen atoms in total. The lowest BCUT2D eigenvalue weighted by molar-refractivity contribution is -0.140. The van der Waals surface area contributed by atoms with Gasteiger partial charge < -0.3 is 9.84 Å². The molecule has 6 heteroatoms. The molecule has 0 saturated carbocycles. The van der Waals surface area contributed by atoms with E-state index in [0.29, 0.717) is 21.7 Å². The normalized spacial score (nSPS) is 17.8. The summed E-state index contributed by atoms with van der Waals surface area (Å²) in [6.07, 6.45) is 0. The SMILES string of the molecule is CCOC(=O)C1=C(O)c2c(C)cc(Cl)c(Cl)c2C(C)C1=O. The lowest BCUT2D eigenvalue weighted by atomic mass is 9.80. The van der Waals surface area contributed by atoms with Crippen molar-refractivity contribution in [2.24, 2.45) is 0 Å². The van der Waals surface area contributed by atoms with Gasteiger partial charge in [-0.15, -0.1) is 0 Å². The molecule has 0 heterocycles. The van der Waals surface area contributed by atoms with Crippen LogP contribution in [0.5, 0.6) is 0 Å². The number of rotatable bonds is 2. The molecule has 1 aromatic rings. The fourth-order valence-electron chi connectivity index (χ4n) is 2.49. The molecule has 0 radical (unpaired) electrons. The van der Waals surface area contributed by atoms with Crippen molar-refractivity contribution in [2.45, 2.75) is 26.7 Å². The monoisotopic (exact) mass is 328 g/mol. The number of aliphatic hydroxyl groups is 1. The number of carbonyl (C=O) groups is 2. The van der Waals surface area contributed by atoms with E-state index in [4.69, 9.17) is 27.9 Å². The average Bonchev–Trinajstić information content (AvgIpc) is 2.40. The van der Waals surface area contributed by atoms with Crippen LogP contribution in [0.3, 0.4) is 0 Å². The molecule has 0 bridgehead atoms. The Morgan fingerprint density at radius 1 is 1.43 bits per heavy atom. The van der Waals surface area contributed by atoms with E-state index in [1.165, 1.54) is 0 Å². The van der Waals surface area contributed by atoms with E-state index in [1.54, 1.807) is 26.8 Å². The quantitative estimate of drug-likeness (QED) is 0.662. The van der Waals surface area contributed by atoms with E-state index in [0.717, 1.165) is 0 Å². The first kappa shape index (κ1) is 15.9. The van der Waals surface area contributed by atoms with Gasteiger partial charge in [0.05, 0.1) is 16.7 Å². The van der Waals surface area contributed by atoms with Crippen LogP contribution in [0.1, 0.15) is 36.5 Å². The maximum absolute atomic E-state index is 12.4. The van der Waals surface area contributed by atoms with Crippen LogP contribution in [0.4, 0.5) is 0 Å². The van der Waals surface area contributed by atoms with Crippen LogP contribution < -0.4 is 0 Å². The first-order valence-electron chi connectivity index (χ1n) is 6.44. The molecular formula is C15H14Cl2O4. The highest BCUT2D eigenvalue weighted by Gasteiger charge is 2.38. The van der Waals surface area contributed by atoms with E-state index in [1.807, 2.05) is 0 Å². The number of hydrogen-bond acceptors (Lipinski definition) is 4. The predicted octanol–water partition coefficient (Wildman–Crippen LogP) is 3.82. The first-order chi connectivity index (χ1) is 9.81. The van der Waals surface area contributed by atoms with Gasteiger partial charge in [-0.1, -0.05) is 30.1 Å². The van der Waals surface area contributed by atoms with E-state index in [2.05, 4.69) is 0 Å². The van der Waals surface area contributed by atoms with Crippen LogP contribution in [-0.4, -0.2) is 23.5 Å². The van der Waals surface area contributed by atoms with Crippen LogP contribution in [0.2, 0.25) is 10.0 Å². The minimum absolute atomic E-state index is 0.116. The van der Waals surface area contributed by atoms with Gasteiger partial charge in [0.2, 0.25) is 0 Å². The van der Waals surface area contributed by atoms with Crippen LogP contribution >= 0.6 is 23.2 Å². The number of halogens is 2. The fraction of sp³-hybridized carbons (Fsp3) is 0.333. The third-order valence-corrected chi connectivity index (χ3v) is 4.28. The topological polar surface area (TPSA) is 63.6 Å². The number of hydrogen-bond donors (Lipinski definition) is 1. The van der Waals surface area contributed by atoms with Gasteiger partial charge in [0.15, 0.2) is 5.78 Å². The summed E-state index contributed by atoms with van der Waals surface area (Å²) in [4.78, 5) is 24.3. The molecule has 1 unspecified atom stereocenters. The molecule has 0 spiro atoms. The van der Waals surface area contributed by atoms with Crippen molar-refractivity contribution in [1.82, 2.24) is 0 Å². The molecule has 0 saturated heterocycles. The molecule has 1 aliphatic rings. The highest BCUT2D eigenvalue weighted by atomic mass is 35.5. The van der Waals surface area contributed by atoms with Gasteiger partial charge in [0.1, 0.15) is 11.3 Å². The number of ketones is 1. The van der Waals surface area contributed by atoms with E-state index < -0.39 is 23.4 Å². The summed E-state index contributed by atoms with van der Waals surface area (Å²) in [6.45, 7) is 5.09. The molecule has 0 fully saturated rings. The van der Waals surface area contributed by atoms with Crippen molar-refractivity contribution in [3.8, 4) is 0 Å². The van der Waals surface area contributed by atoms with Gasteiger partial charge in [-0.2, -0.15) is 0 Å². The molecule has 1 N–H and O–H groups in total. The molecule has 112 valence electrons. The first-order valence-corrected chi connectivity index (χ1v) is 7.20. The summed E-state index contributed by atoms with van der Waals surface area (Å²) in [5.74, 6) is -2.44. The Hall–Kier alpha value is -1.52. The van der Waals surface area contributed by atoms with Gasteiger partial charge in [0.25, 0.3) is 0 Å². The summed E-state index contributed by atoms with van der Waals surface area (Å²) in [5.41, 5.74) is 1.12. The van der Waals surface area contributed by atoms with Gasteiger partial charge >= 0.3 is 5.97 Å². The largest absolute Gasteiger partial charge is 0.506 e. The summed E-state index contributed by atoms with van der Waals surface area (Å²) in [6, 6.07) is 1.59. The van der Waals surface area contributed by atoms with Crippen molar-refractivity contribution in [3.05, 3.63) is 38.4 Å². The number of fused-ring (bicyclic) bond motifs is 1. The lowest BCUT2D eigenvalue weighted by Gasteiger charge is -2.26. The van der Waals surface area contributed by atoms with Gasteiger partial charge in [-0.25, -0.2) is 4.79 Å². The van der Waals surface area contributed by atoms with Gasteiger partial charge in [-0.3, -0.25) is 4.79 Å². The molecule has 2 rings (SSSR count). The van der Waals surface area contributed by atoms with Gasteiger partial charge in [0, 0.05) is 11.5 Å². The standard InChI is InChI=1S/C15H14Cl2O4/c1-4-21-15(20)11-13(18)7(3)10-9(14(11)19)6(2)5-8(16)12(10)17/h5,7,19H,4H2,1-3H3. The zero-order valence-corrected chi connectivity index (χ0v) is 13.3. The molecule has 1 aromatic carbocycles. The van der Waals surface area contributed by atoms with Crippen molar-refractivity contribution >= 4 is 40.7 Å².